The van der Waals surface area contributed by atoms with Crippen molar-refractivity contribution < 1.29 is 9.59 Å². The molecule has 1 saturated heterocycles. The topological polar surface area (TPSA) is 74.8 Å². The van der Waals surface area contributed by atoms with E-state index in [0.717, 1.165) is 11.8 Å². The van der Waals surface area contributed by atoms with Crippen molar-refractivity contribution in [2.75, 3.05) is 0 Å². The van der Waals surface area contributed by atoms with Crippen molar-refractivity contribution in [3.05, 3.63) is 23.1 Å². The SMILES string of the molecule is O=C1NC(=O)C(=Cc2c[nH]cn2)S1. The lowest BCUT2D eigenvalue weighted by molar-refractivity contribution is -0.115. The van der Waals surface area contributed by atoms with Gasteiger partial charge in [-0.25, -0.2) is 4.98 Å². The van der Waals surface area contributed by atoms with Crippen LogP contribution >= 0.6 is 11.8 Å². The zero-order valence-electron chi connectivity index (χ0n) is 6.40. The lowest BCUT2D eigenvalue weighted by atomic mass is 10.4. The van der Waals surface area contributed by atoms with Crippen molar-refractivity contribution in [2.45, 2.75) is 0 Å². The van der Waals surface area contributed by atoms with Gasteiger partial charge in [0.05, 0.1) is 16.9 Å². The molecule has 0 spiro atoms. The number of aromatic nitrogens is 2. The summed E-state index contributed by atoms with van der Waals surface area (Å²) in [6, 6.07) is 0. The number of hydrogen-bond acceptors (Lipinski definition) is 4. The Morgan fingerprint density at radius 1 is 1.46 bits per heavy atom. The number of nitrogens with zero attached hydrogens (tertiary/aromatic N) is 1. The minimum absolute atomic E-state index is 0.341. The van der Waals surface area contributed by atoms with E-state index in [1.54, 1.807) is 12.3 Å². The molecule has 66 valence electrons. The summed E-state index contributed by atoms with van der Waals surface area (Å²) in [4.78, 5) is 28.8. The first kappa shape index (κ1) is 8.06. The third-order valence-electron chi connectivity index (χ3n) is 1.44. The number of amides is 2. The highest BCUT2D eigenvalue weighted by atomic mass is 32.2. The fourth-order valence-corrected chi connectivity index (χ4v) is 1.57. The van der Waals surface area contributed by atoms with Gasteiger partial charge in [-0.1, -0.05) is 0 Å². The van der Waals surface area contributed by atoms with E-state index < -0.39 is 0 Å². The molecule has 0 aliphatic carbocycles. The molecule has 6 heteroatoms. The van der Waals surface area contributed by atoms with Crippen molar-refractivity contribution >= 4 is 29.0 Å². The summed E-state index contributed by atoms with van der Waals surface area (Å²) in [5.41, 5.74) is 0.632. The molecule has 1 aliphatic rings. The Morgan fingerprint density at radius 2 is 2.31 bits per heavy atom. The van der Waals surface area contributed by atoms with E-state index in [-0.39, 0.29) is 11.1 Å². The second-order valence-corrected chi connectivity index (χ2v) is 3.36. The smallest absolute Gasteiger partial charge is 0.290 e. The molecule has 1 fully saturated rings. The Bertz CT molecular complexity index is 382. The molecular formula is C7H5N3O2S. The molecule has 13 heavy (non-hydrogen) atoms. The maximum absolute atomic E-state index is 11.1. The van der Waals surface area contributed by atoms with Crippen molar-refractivity contribution in [1.29, 1.82) is 0 Å². The number of imidazole rings is 1. The lowest BCUT2D eigenvalue weighted by Gasteiger charge is -1.86. The Balaban J connectivity index is 2.27. The Labute approximate surface area is 77.6 Å². The van der Waals surface area contributed by atoms with Crippen molar-refractivity contribution in [3.8, 4) is 0 Å². The zero-order chi connectivity index (χ0) is 9.26. The first-order valence-corrected chi connectivity index (χ1v) is 4.31. The highest BCUT2D eigenvalue weighted by Crippen LogP contribution is 2.24. The summed E-state index contributed by atoms with van der Waals surface area (Å²) in [5.74, 6) is -0.363. The summed E-state index contributed by atoms with van der Waals surface area (Å²) in [7, 11) is 0. The van der Waals surface area contributed by atoms with Gasteiger partial charge in [0.2, 0.25) is 0 Å². The Hall–Kier alpha value is -1.56. The normalized spacial score (nSPS) is 19.5. The van der Waals surface area contributed by atoms with Crippen LogP contribution in [0.3, 0.4) is 0 Å². The molecule has 0 saturated carbocycles. The highest BCUT2D eigenvalue weighted by molar-refractivity contribution is 8.18. The Kier molecular flexibility index (Phi) is 1.90. The number of carbonyl (C=O) groups excluding carboxylic acids is 2. The van der Waals surface area contributed by atoms with Crippen LogP contribution in [0.1, 0.15) is 5.69 Å². The third kappa shape index (κ3) is 1.62. The minimum atomic E-state index is -0.363. The maximum atomic E-state index is 11.1. The third-order valence-corrected chi connectivity index (χ3v) is 2.25. The van der Waals surface area contributed by atoms with Crippen molar-refractivity contribution in [2.24, 2.45) is 0 Å². The first-order valence-electron chi connectivity index (χ1n) is 3.49. The van der Waals surface area contributed by atoms with Gasteiger partial charge in [-0.15, -0.1) is 0 Å². The molecule has 1 aromatic rings. The highest BCUT2D eigenvalue weighted by Gasteiger charge is 2.24. The van der Waals surface area contributed by atoms with E-state index in [4.69, 9.17) is 0 Å². The number of nitrogens with one attached hydrogen (secondary N) is 2. The molecule has 2 amide bonds. The van der Waals surface area contributed by atoms with E-state index in [0.29, 0.717) is 10.6 Å². The molecule has 0 atom stereocenters. The number of hydrogen-bond donors (Lipinski definition) is 2. The lowest BCUT2D eigenvalue weighted by Crippen LogP contribution is -2.17. The molecule has 0 unspecified atom stereocenters. The van der Waals surface area contributed by atoms with Gasteiger partial charge in [0.15, 0.2) is 0 Å². The molecule has 2 heterocycles. The number of thioether (sulfide) groups is 1. The van der Waals surface area contributed by atoms with Gasteiger partial charge in [-0.05, 0) is 17.8 Å². The zero-order valence-corrected chi connectivity index (χ0v) is 7.22. The van der Waals surface area contributed by atoms with Gasteiger partial charge >= 0.3 is 0 Å². The van der Waals surface area contributed by atoms with Crippen LogP contribution in [0.15, 0.2) is 17.4 Å². The molecule has 0 radical (unpaired) electrons. The van der Waals surface area contributed by atoms with Crippen LogP contribution in [-0.2, 0) is 4.79 Å². The van der Waals surface area contributed by atoms with E-state index in [1.807, 2.05) is 0 Å². The number of H-pyrrole nitrogens is 1. The standard InChI is InChI=1S/C7H5N3O2S/c11-6-5(13-7(12)10-6)1-4-2-8-3-9-4/h1-3H,(H,8,9)(H,10,11,12). The first-order chi connectivity index (χ1) is 6.25. The predicted octanol–water partition coefficient (Wildman–Crippen LogP) is 0.734. The summed E-state index contributed by atoms with van der Waals surface area (Å²) in [6.45, 7) is 0. The average molecular weight is 195 g/mol. The van der Waals surface area contributed by atoms with Gasteiger partial charge < -0.3 is 4.98 Å². The average Bonchev–Trinajstić information content (AvgIpc) is 2.63. The quantitative estimate of drug-likeness (QED) is 0.648. The molecule has 1 aliphatic heterocycles. The van der Waals surface area contributed by atoms with Crippen LogP contribution < -0.4 is 5.32 Å². The van der Waals surface area contributed by atoms with Crippen LogP contribution in [0.5, 0.6) is 0 Å². The van der Waals surface area contributed by atoms with Crippen LogP contribution in [0, 0.1) is 0 Å². The van der Waals surface area contributed by atoms with Crippen LogP contribution in [0.25, 0.3) is 6.08 Å². The molecule has 2 rings (SSSR count). The number of rotatable bonds is 1. The van der Waals surface area contributed by atoms with E-state index in [9.17, 15) is 9.59 Å². The van der Waals surface area contributed by atoms with Crippen molar-refractivity contribution in [3.63, 3.8) is 0 Å². The molecule has 1 aromatic heterocycles. The summed E-state index contributed by atoms with van der Waals surface area (Å²) >= 11 is 0.880. The second kappa shape index (κ2) is 3.06. The van der Waals surface area contributed by atoms with Crippen LogP contribution in [0.4, 0.5) is 4.79 Å². The molecule has 2 N–H and O–H groups in total. The van der Waals surface area contributed by atoms with E-state index in [2.05, 4.69) is 15.3 Å². The number of imide groups is 1. The Morgan fingerprint density at radius 3 is 2.85 bits per heavy atom. The number of carbonyl (C=O) groups is 2. The monoisotopic (exact) mass is 195 g/mol. The summed E-state index contributed by atoms with van der Waals surface area (Å²) < 4.78 is 0. The molecule has 5 nitrogen and oxygen atoms in total. The summed E-state index contributed by atoms with van der Waals surface area (Å²) in [6.07, 6.45) is 4.71. The number of aromatic amines is 1. The largest absolute Gasteiger partial charge is 0.351 e. The fourth-order valence-electron chi connectivity index (χ4n) is 0.906. The predicted molar refractivity (Wildman–Crippen MR) is 47.7 cm³/mol. The van der Waals surface area contributed by atoms with Gasteiger partial charge in [0, 0.05) is 6.20 Å². The van der Waals surface area contributed by atoms with Crippen molar-refractivity contribution in [1.82, 2.24) is 15.3 Å². The van der Waals surface area contributed by atoms with Gasteiger partial charge in [-0.2, -0.15) is 0 Å². The minimum Gasteiger partial charge on any atom is -0.351 e. The molecular weight excluding hydrogens is 190 g/mol. The molecule has 0 aromatic carbocycles. The summed E-state index contributed by atoms with van der Waals surface area (Å²) in [5, 5.41) is 1.82. The van der Waals surface area contributed by atoms with Crippen LogP contribution in [0.2, 0.25) is 0 Å². The van der Waals surface area contributed by atoms with Gasteiger partial charge in [0.25, 0.3) is 11.1 Å². The van der Waals surface area contributed by atoms with Gasteiger partial charge in [0.1, 0.15) is 0 Å². The maximum Gasteiger partial charge on any atom is 0.290 e. The van der Waals surface area contributed by atoms with E-state index >= 15 is 0 Å². The second-order valence-electron chi connectivity index (χ2n) is 2.35. The fraction of sp³-hybridized carbons (Fsp3) is 0. The van der Waals surface area contributed by atoms with E-state index in [1.165, 1.54) is 6.33 Å². The van der Waals surface area contributed by atoms with Gasteiger partial charge in [-0.3, -0.25) is 14.9 Å². The molecule has 0 bridgehead atoms. The van der Waals surface area contributed by atoms with Crippen LogP contribution in [-0.4, -0.2) is 21.1 Å².